The highest BCUT2D eigenvalue weighted by Crippen LogP contribution is 2.32. The van der Waals surface area contributed by atoms with Crippen LogP contribution in [0.15, 0.2) is 35.2 Å². The maximum Gasteiger partial charge on any atom is 0.237 e. The van der Waals surface area contributed by atoms with Crippen molar-refractivity contribution in [1.82, 2.24) is 0 Å². The van der Waals surface area contributed by atoms with E-state index >= 15 is 0 Å². The molecular weight excluding hydrogens is 356 g/mol. The van der Waals surface area contributed by atoms with Crippen LogP contribution in [0, 0.1) is 18.6 Å². The molecule has 3 nitrogen and oxygen atoms in total. The third kappa shape index (κ3) is 4.39. The third-order valence-corrected chi connectivity index (χ3v) is 4.87. The first-order valence-corrected chi connectivity index (χ1v) is 8.34. The summed E-state index contributed by atoms with van der Waals surface area (Å²) < 4.78 is 31.8. The zero-order valence-electron chi connectivity index (χ0n) is 13.3. The number of aryl methyl sites for hydroxylation is 1. The number of carbonyl (C=O) groups is 1. The van der Waals surface area contributed by atoms with Crippen LogP contribution in [0.2, 0.25) is 5.02 Å². The SMILES string of the molecule is COc1cc(Cl)c(C)cc1NC(=O)[C@H](C)Sc1ccc(F)cc1F. The molecule has 0 saturated heterocycles. The number of benzene rings is 2. The van der Waals surface area contributed by atoms with E-state index in [9.17, 15) is 13.6 Å². The summed E-state index contributed by atoms with van der Waals surface area (Å²) in [5.74, 6) is -1.25. The van der Waals surface area contributed by atoms with Gasteiger partial charge in [0, 0.05) is 22.1 Å². The van der Waals surface area contributed by atoms with Gasteiger partial charge in [-0.15, -0.1) is 11.8 Å². The van der Waals surface area contributed by atoms with Crippen LogP contribution in [0.25, 0.3) is 0 Å². The van der Waals surface area contributed by atoms with Gasteiger partial charge in [-0.2, -0.15) is 0 Å². The zero-order chi connectivity index (χ0) is 17.9. The lowest BCUT2D eigenvalue weighted by Crippen LogP contribution is -2.23. The van der Waals surface area contributed by atoms with Crippen molar-refractivity contribution in [2.45, 2.75) is 24.0 Å². The van der Waals surface area contributed by atoms with E-state index in [0.29, 0.717) is 16.5 Å². The number of rotatable bonds is 5. The van der Waals surface area contributed by atoms with E-state index in [4.69, 9.17) is 16.3 Å². The highest BCUT2D eigenvalue weighted by molar-refractivity contribution is 8.00. The van der Waals surface area contributed by atoms with Gasteiger partial charge in [-0.1, -0.05) is 11.6 Å². The van der Waals surface area contributed by atoms with Crippen molar-refractivity contribution in [1.29, 1.82) is 0 Å². The number of hydrogen-bond donors (Lipinski definition) is 1. The maximum absolute atomic E-state index is 13.7. The van der Waals surface area contributed by atoms with Gasteiger partial charge in [-0.3, -0.25) is 4.79 Å². The Hall–Kier alpha value is -1.79. The number of ether oxygens (including phenoxy) is 1. The largest absolute Gasteiger partial charge is 0.495 e. The van der Waals surface area contributed by atoms with Gasteiger partial charge in [0.05, 0.1) is 18.0 Å². The summed E-state index contributed by atoms with van der Waals surface area (Å²) in [7, 11) is 1.47. The molecule has 7 heteroatoms. The predicted octanol–water partition coefficient (Wildman–Crippen LogP) is 5.05. The monoisotopic (exact) mass is 371 g/mol. The van der Waals surface area contributed by atoms with E-state index < -0.39 is 16.9 Å². The topological polar surface area (TPSA) is 38.3 Å². The first-order valence-electron chi connectivity index (χ1n) is 7.08. The molecule has 1 N–H and O–H groups in total. The minimum Gasteiger partial charge on any atom is -0.495 e. The molecule has 0 unspecified atom stereocenters. The standard InChI is InChI=1S/C17H16ClF2NO2S/c1-9-6-14(15(23-3)8-12(9)18)21-17(22)10(2)24-16-5-4-11(19)7-13(16)20/h4-8,10H,1-3H3,(H,21,22)/t10-/m0/s1. The van der Waals surface area contributed by atoms with Crippen LogP contribution in [0.3, 0.4) is 0 Å². The van der Waals surface area contributed by atoms with Crippen LogP contribution < -0.4 is 10.1 Å². The second-order valence-corrected chi connectivity index (χ2v) is 6.92. The van der Waals surface area contributed by atoms with E-state index in [1.807, 2.05) is 6.92 Å². The summed E-state index contributed by atoms with van der Waals surface area (Å²) in [5.41, 5.74) is 1.27. The molecule has 0 bridgehead atoms. The van der Waals surface area contributed by atoms with Gasteiger partial charge in [0.25, 0.3) is 0 Å². The summed E-state index contributed by atoms with van der Waals surface area (Å²) in [6, 6.07) is 6.57. The first kappa shape index (κ1) is 18.5. The Balaban J connectivity index is 2.13. The van der Waals surface area contributed by atoms with Gasteiger partial charge in [0.15, 0.2) is 0 Å². The van der Waals surface area contributed by atoms with Crippen molar-refractivity contribution in [2.75, 3.05) is 12.4 Å². The summed E-state index contributed by atoms with van der Waals surface area (Å²) >= 11 is 7.04. The fourth-order valence-corrected chi connectivity index (χ4v) is 3.00. The number of anilines is 1. The van der Waals surface area contributed by atoms with Crippen molar-refractivity contribution in [3.8, 4) is 5.75 Å². The Morgan fingerprint density at radius 1 is 1.29 bits per heavy atom. The number of thioether (sulfide) groups is 1. The molecule has 0 aromatic heterocycles. The minimum absolute atomic E-state index is 0.207. The number of methoxy groups -OCH3 is 1. The Bertz CT molecular complexity index is 770. The lowest BCUT2D eigenvalue weighted by Gasteiger charge is -2.15. The molecule has 24 heavy (non-hydrogen) atoms. The first-order chi connectivity index (χ1) is 11.3. The van der Waals surface area contributed by atoms with E-state index in [0.717, 1.165) is 29.5 Å². The molecule has 0 heterocycles. The average Bonchev–Trinajstić information content (AvgIpc) is 2.53. The van der Waals surface area contributed by atoms with Crippen molar-refractivity contribution in [3.63, 3.8) is 0 Å². The number of carbonyl (C=O) groups excluding carboxylic acids is 1. The van der Waals surface area contributed by atoms with Gasteiger partial charge in [0.2, 0.25) is 5.91 Å². The fraction of sp³-hybridized carbons (Fsp3) is 0.235. The lowest BCUT2D eigenvalue weighted by molar-refractivity contribution is -0.115. The van der Waals surface area contributed by atoms with Crippen molar-refractivity contribution in [3.05, 3.63) is 52.6 Å². The number of halogens is 3. The Morgan fingerprint density at radius 3 is 2.62 bits per heavy atom. The van der Waals surface area contributed by atoms with E-state index in [1.54, 1.807) is 19.1 Å². The lowest BCUT2D eigenvalue weighted by atomic mass is 10.2. The Kier molecular flexibility index (Phi) is 6.07. The molecule has 0 spiro atoms. The zero-order valence-corrected chi connectivity index (χ0v) is 14.9. The fourth-order valence-electron chi connectivity index (χ4n) is 1.98. The quantitative estimate of drug-likeness (QED) is 0.747. The third-order valence-electron chi connectivity index (χ3n) is 3.31. The molecule has 128 valence electrons. The van der Waals surface area contributed by atoms with Crippen LogP contribution in [-0.4, -0.2) is 18.3 Å². The number of hydrogen-bond acceptors (Lipinski definition) is 3. The highest BCUT2D eigenvalue weighted by Gasteiger charge is 2.19. The maximum atomic E-state index is 13.7. The molecule has 0 aliphatic rings. The van der Waals surface area contributed by atoms with E-state index in [-0.39, 0.29) is 10.8 Å². The minimum atomic E-state index is -0.695. The molecular formula is C17H16ClF2NO2S. The van der Waals surface area contributed by atoms with Crippen molar-refractivity contribution >= 4 is 35.0 Å². The van der Waals surface area contributed by atoms with Crippen LogP contribution >= 0.6 is 23.4 Å². The Morgan fingerprint density at radius 2 is 2.00 bits per heavy atom. The second-order valence-electron chi connectivity index (χ2n) is 5.13. The molecule has 1 amide bonds. The number of nitrogens with one attached hydrogen (secondary N) is 1. The van der Waals surface area contributed by atoms with Gasteiger partial charge in [-0.05, 0) is 37.6 Å². The highest BCUT2D eigenvalue weighted by atomic mass is 35.5. The summed E-state index contributed by atoms with van der Waals surface area (Å²) in [6.07, 6.45) is 0. The molecule has 0 radical (unpaired) electrons. The van der Waals surface area contributed by atoms with Crippen LogP contribution in [0.4, 0.5) is 14.5 Å². The normalized spacial score (nSPS) is 11.9. The van der Waals surface area contributed by atoms with Crippen LogP contribution in [0.5, 0.6) is 5.75 Å². The molecule has 0 fully saturated rings. The van der Waals surface area contributed by atoms with Crippen molar-refractivity contribution in [2.24, 2.45) is 0 Å². The molecule has 2 rings (SSSR count). The molecule has 0 aliphatic heterocycles. The Labute approximate surface area is 148 Å². The van der Waals surface area contributed by atoms with Gasteiger partial charge in [0.1, 0.15) is 17.4 Å². The smallest absolute Gasteiger partial charge is 0.237 e. The number of amides is 1. The van der Waals surface area contributed by atoms with Crippen LogP contribution in [-0.2, 0) is 4.79 Å². The molecule has 0 saturated carbocycles. The van der Waals surface area contributed by atoms with E-state index in [1.165, 1.54) is 13.2 Å². The van der Waals surface area contributed by atoms with Gasteiger partial charge in [-0.25, -0.2) is 8.78 Å². The van der Waals surface area contributed by atoms with E-state index in [2.05, 4.69) is 5.32 Å². The second kappa shape index (κ2) is 7.85. The molecule has 2 aromatic carbocycles. The van der Waals surface area contributed by atoms with Crippen molar-refractivity contribution < 1.29 is 18.3 Å². The van der Waals surface area contributed by atoms with Gasteiger partial charge >= 0.3 is 0 Å². The molecule has 0 aliphatic carbocycles. The average molecular weight is 372 g/mol. The van der Waals surface area contributed by atoms with Gasteiger partial charge < -0.3 is 10.1 Å². The molecule has 1 atom stereocenters. The van der Waals surface area contributed by atoms with Crippen LogP contribution in [0.1, 0.15) is 12.5 Å². The summed E-state index contributed by atoms with van der Waals surface area (Å²) in [5, 5.41) is 2.68. The molecule has 2 aromatic rings. The predicted molar refractivity (Wildman–Crippen MR) is 93.0 cm³/mol. The summed E-state index contributed by atoms with van der Waals surface area (Å²) in [6.45, 7) is 3.45. The summed E-state index contributed by atoms with van der Waals surface area (Å²) in [4.78, 5) is 12.5.